The molecule has 0 aliphatic carbocycles. The molecule has 0 aliphatic heterocycles. The quantitative estimate of drug-likeness (QED) is 0.0455. The maximum atomic E-state index is 10.6. The first-order valence-electron chi connectivity index (χ1n) is 18.6. The molecule has 58 heavy (non-hydrogen) atoms. The normalized spacial score (nSPS) is 12.0. The third kappa shape index (κ3) is 6.42. The summed E-state index contributed by atoms with van der Waals surface area (Å²) < 4.78 is 2.31. The molecule has 5 N–H and O–H groups in total. The first kappa shape index (κ1) is 37.1. The van der Waals surface area contributed by atoms with Crippen LogP contribution in [0.1, 0.15) is 34.7 Å². The lowest BCUT2D eigenvalue weighted by atomic mass is 9.91. The van der Waals surface area contributed by atoms with Crippen molar-refractivity contribution in [3.63, 3.8) is 0 Å². The summed E-state index contributed by atoms with van der Waals surface area (Å²) >= 11 is 0. The number of aromatic nitrogens is 1. The second kappa shape index (κ2) is 15.0. The van der Waals surface area contributed by atoms with Crippen LogP contribution in [0.2, 0.25) is 0 Å². The highest BCUT2D eigenvalue weighted by molar-refractivity contribution is 6.15. The minimum Gasteiger partial charge on any atom is -0.504 e. The summed E-state index contributed by atoms with van der Waals surface area (Å²) in [5.74, 6) is -4.56. The van der Waals surface area contributed by atoms with Crippen LogP contribution in [-0.4, -0.2) is 41.6 Å². The molecule has 8 heteroatoms. The first-order valence-corrected chi connectivity index (χ1v) is 18.6. The Morgan fingerprint density at radius 1 is 0.586 bits per heavy atom. The summed E-state index contributed by atoms with van der Waals surface area (Å²) in [5.41, 5.74) is 10.7. The summed E-state index contributed by atoms with van der Waals surface area (Å²) in [7, 11) is 0. The number of hydrogen-bond acceptors (Lipinski definition) is 6. The van der Waals surface area contributed by atoms with Crippen molar-refractivity contribution < 1.29 is 25.5 Å². The Labute approximate surface area is 335 Å². The number of para-hydroxylation sites is 1. The third-order valence-electron chi connectivity index (χ3n) is 10.4. The second-order valence-electron chi connectivity index (χ2n) is 14.0. The van der Waals surface area contributed by atoms with Gasteiger partial charge in [0, 0.05) is 27.6 Å². The van der Waals surface area contributed by atoms with Gasteiger partial charge in [-0.3, -0.25) is 0 Å². The average molecular weight is 762 g/mol. The number of nitrogens with zero attached hydrogens (tertiary/aromatic N) is 3. The number of hydrogen-bond donors (Lipinski definition) is 5. The summed E-state index contributed by atoms with van der Waals surface area (Å²) in [6, 6.07) is 47.0. The second-order valence-corrected chi connectivity index (χ2v) is 14.0. The van der Waals surface area contributed by atoms with Gasteiger partial charge in [-0.05, 0) is 77.6 Å². The number of rotatable bonds is 8. The zero-order valence-corrected chi connectivity index (χ0v) is 31.8. The fourth-order valence-electron chi connectivity index (χ4n) is 7.59. The molecule has 1 aromatic heterocycles. The van der Waals surface area contributed by atoms with E-state index in [9.17, 15) is 25.5 Å². The molecule has 0 fully saturated rings. The Morgan fingerprint density at radius 3 is 1.91 bits per heavy atom. The van der Waals surface area contributed by atoms with Gasteiger partial charge in [0.15, 0.2) is 17.3 Å². The number of aliphatic imine (C=N–C) groups is 2. The Morgan fingerprint density at radius 2 is 1.22 bits per heavy atom. The summed E-state index contributed by atoms with van der Waals surface area (Å²) in [5, 5.41) is 53.9. The summed E-state index contributed by atoms with van der Waals surface area (Å²) in [6.07, 6.45) is 1.78. The molecule has 284 valence electrons. The predicted octanol–water partition coefficient (Wildman–Crippen LogP) is 11.5. The van der Waals surface area contributed by atoms with Crippen molar-refractivity contribution in [1.82, 2.24) is 4.57 Å². The van der Waals surface area contributed by atoms with Gasteiger partial charge < -0.3 is 30.1 Å². The first-order chi connectivity index (χ1) is 28.1. The number of aryl methyl sites for hydroxylation is 1. The van der Waals surface area contributed by atoms with Crippen molar-refractivity contribution in [2.75, 3.05) is 0 Å². The lowest BCUT2D eigenvalue weighted by Crippen LogP contribution is -2.05. The van der Waals surface area contributed by atoms with Crippen molar-refractivity contribution >= 4 is 45.1 Å². The molecule has 0 amide bonds. The highest BCUT2D eigenvalue weighted by Crippen LogP contribution is 2.51. The summed E-state index contributed by atoms with van der Waals surface area (Å²) in [6.45, 7) is 12.1. The van der Waals surface area contributed by atoms with Gasteiger partial charge in [-0.2, -0.15) is 0 Å². The molecule has 8 aromatic rings. The van der Waals surface area contributed by atoms with Crippen LogP contribution in [0.5, 0.6) is 28.7 Å². The minimum atomic E-state index is -1.05. The van der Waals surface area contributed by atoms with Crippen LogP contribution in [-0.2, 0) is 0 Å². The molecule has 8 rings (SSSR count). The molecule has 8 nitrogen and oxygen atoms in total. The minimum absolute atomic E-state index is 0.00398. The standard InChI is InChI=1S/C50H39N3O5/c1-5-36-38(30(3)51-50(33-17-10-7-11-18-33)52-31(4)44-45(54)47(56)49(58)48(57)46(44)55)20-14-21-39(36)37-25-24-35(27-29(37)2)53-42-22-13-12-19-40(42)41-28-34(23-26-43(41)53)32-15-8-6-9-16-32/h5-28,54-58H,1,3H2,2,4H3/b51-50-,52-31+. The van der Waals surface area contributed by atoms with Crippen LogP contribution in [0.25, 0.3) is 61.5 Å². The molecule has 0 spiro atoms. The maximum Gasteiger partial charge on any atom is 0.208 e. The van der Waals surface area contributed by atoms with Crippen LogP contribution >= 0.6 is 0 Å². The Kier molecular flexibility index (Phi) is 9.60. The van der Waals surface area contributed by atoms with E-state index < -0.39 is 28.7 Å². The smallest absolute Gasteiger partial charge is 0.208 e. The van der Waals surface area contributed by atoms with Gasteiger partial charge in [0.25, 0.3) is 0 Å². The van der Waals surface area contributed by atoms with E-state index in [0.29, 0.717) is 16.8 Å². The highest BCUT2D eigenvalue weighted by Gasteiger charge is 2.25. The largest absolute Gasteiger partial charge is 0.504 e. The van der Waals surface area contributed by atoms with E-state index in [4.69, 9.17) is 4.99 Å². The third-order valence-corrected chi connectivity index (χ3v) is 10.4. The number of phenolic OH excluding ortho intramolecular Hbond substituents is 5. The molecule has 7 aromatic carbocycles. The lowest BCUT2D eigenvalue weighted by Gasteiger charge is -2.16. The van der Waals surface area contributed by atoms with E-state index in [1.165, 1.54) is 28.8 Å². The van der Waals surface area contributed by atoms with E-state index in [-0.39, 0.29) is 17.1 Å². The van der Waals surface area contributed by atoms with E-state index in [1.807, 2.05) is 42.5 Å². The molecule has 0 unspecified atom stereocenters. The zero-order chi connectivity index (χ0) is 40.7. The predicted molar refractivity (Wildman–Crippen MR) is 235 cm³/mol. The Balaban J connectivity index is 1.20. The number of fused-ring (bicyclic) bond motifs is 3. The van der Waals surface area contributed by atoms with Crippen LogP contribution in [0.15, 0.2) is 163 Å². The average Bonchev–Trinajstić information content (AvgIpc) is 3.58. The van der Waals surface area contributed by atoms with Crippen molar-refractivity contribution in [2.24, 2.45) is 9.98 Å². The SMILES string of the molecule is C=Cc1c(C(=C)/N=C(\N=C(/C)c2c(O)c(O)c(O)c(O)c2O)c2ccccc2)cccc1-c1ccc(-n2c3ccccc3c3cc(-c4ccccc4)ccc32)cc1C. The van der Waals surface area contributed by atoms with E-state index >= 15 is 0 Å². The molecule has 0 saturated carbocycles. The molecule has 0 bridgehead atoms. The molecule has 0 saturated heterocycles. The topological polar surface area (TPSA) is 131 Å². The van der Waals surface area contributed by atoms with E-state index in [0.717, 1.165) is 39.0 Å². The van der Waals surface area contributed by atoms with Gasteiger partial charge in [-0.25, -0.2) is 9.98 Å². The lowest BCUT2D eigenvalue weighted by molar-refractivity contribution is 0.327. The van der Waals surface area contributed by atoms with Gasteiger partial charge in [0.2, 0.25) is 17.2 Å². The van der Waals surface area contributed by atoms with Gasteiger partial charge in [0.1, 0.15) is 0 Å². The van der Waals surface area contributed by atoms with Gasteiger partial charge in [-0.15, -0.1) is 0 Å². The van der Waals surface area contributed by atoms with Crippen LogP contribution < -0.4 is 0 Å². The molecular weight excluding hydrogens is 723 g/mol. The highest BCUT2D eigenvalue weighted by atomic mass is 16.4. The van der Waals surface area contributed by atoms with Crippen LogP contribution in [0.4, 0.5) is 0 Å². The number of aromatic hydroxyl groups is 5. The van der Waals surface area contributed by atoms with Crippen molar-refractivity contribution in [3.8, 4) is 56.7 Å². The molecular formula is C50H39N3O5. The fourth-order valence-corrected chi connectivity index (χ4v) is 7.59. The number of phenols is 5. The van der Waals surface area contributed by atoms with Gasteiger partial charge >= 0.3 is 0 Å². The molecule has 1 heterocycles. The fraction of sp³-hybridized carbons (Fsp3) is 0.0400. The van der Waals surface area contributed by atoms with Crippen molar-refractivity contribution in [3.05, 3.63) is 181 Å². The molecule has 0 aliphatic rings. The Bertz CT molecular complexity index is 2970. The zero-order valence-electron chi connectivity index (χ0n) is 31.8. The van der Waals surface area contributed by atoms with Crippen LogP contribution in [0, 0.1) is 6.92 Å². The van der Waals surface area contributed by atoms with Gasteiger partial charge in [0.05, 0.1) is 28.0 Å². The van der Waals surface area contributed by atoms with Crippen molar-refractivity contribution in [2.45, 2.75) is 13.8 Å². The number of amidine groups is 1. The van der Waals surface area contributed by atoms with Crippen LogP contribution in [0.3, 0.4) is 0 Å². The van der Waals surface area contributed by atoms with E-state index in [1.54, 1.807) is 18.2 Å². The Hall–Kier alpha value is -7.84. The maximum absolute atomic E-state index is 10.6. The van der Waals surface area contributed by atoms with Gasteiger partial charge in [-0.1, -0.05) is 128 Å². The monoisotopic (exact) mass is 761 g/mol. The van der Waals surface area contributed by atoms with Crippen molar-refractivity contribution in [1.29, 1.82) is 0 Å². The molecule has 0 atom stereocenters. The summed E-state index contributed by atoms with van der Waals surface area (Å²) in [4.78, 5) is 9.46. The number of benzene rings is 7. The molecule has 0 radical (unpaired) electrons. The van der Waals surface area contributed by atoms with E-state index in [2.05, 4.69) is 115 Å².